The molecule has 19 heavy (non-hydrogen) atoms. The van der Waals surface area contributed by atoms with Crippen LogP contribution in [0.3, 0.4) is 0 Å². The van der Waals surface area contributed by atoms with E-state index >= 15 is 0 Å². The van der Waals surface area contributed by atoms with Crippen LogP contribution in [0, 0.1) is 0 Å². The van der Waals surface area contributed by atoms with Crippen LogP contribution in [0.5, 0.6) is 0 Å². The molecule has 6 nitrogen and oxygen atoms in total. The number of carboxylic acid groups (broad SMARTS) is 1. The third-order valence-corrected chi connectivity index (χ3v) is 7.14. The third kappa shape index (κ3) is 3.62. The summed E-state index contributed by atoms with van der Waals surface area (Å²) in [6, 6.07) is 0.925. The van der Waals surface area contributed by atoms with E-state index in [1.807, 2.05) is 0 Å². The molecule has 2 rings (SSSR count). The van der Waals surface area contributed by atoms with Gasteiger partial charge in [-0.15, -0.1) is 11.3 Å². The second-order valence-electron chi connectivity index (χ2n) is 4.20. The monoisotopic (exact) mass is 323 g/mol. The van der Waals surface area contributed by atoms with Crippen LogP contribution < -0.4 is 4.72 Å². The number of carboxylic acids is 1. The van der Waals surface area contributed by atoms with Gasteiger partial charge in [-0.25, -0.2) is 17.9 Å². The van der Waals surface area contributed by atoms with Gasteiger partial charge in [0.1, 0.15) is 4.21 Å². The van der Waals surface area contributed by atoms with Gasteiger partial charge in [0, 0.05) is 33.7 Å². The number of rotatable bonds is 4. The number of nitrogens with one attached hydrogen (secondary N) is 1. The highest BCUT2D eigenvalue weighted by molar-refractivity contribution is 7.91. The van der Waals surface area contributed by atoms with Crippen molar-refractivity contribution in [2.75, 3.05) is 11.5 Å². The van der Waals surface area contributed by atoms with Crippen molar-refractivity contribution in [3.63, 3.8) is 0 Å². The largest absolute Gasteiger partial charge is 0.478 e. The van der Waals surface area contributed by atoms with Gasteiger partial charge in [-0.05, 0) is 18.9 Å². The first-order valence-corrected chi connectivity index (χ1v) is 9.43. The zero-order valence-corrected chi connectivity index (χ0v) is 12.3. The van der Waals surface area contributed by atoms with Crippen molar-refractivity contribution in [3.05, 3.63) is 17.0 Å². The second kappa shape index (κ2) is 5.70. The lowest BCUT2D eigenvalue weighted by Crippen LogP contribution is -2.39. The summed E-state index contributed by atoms with van der Waals surface area (Å²) in [5.74, 6) is -0.151. The molecule has 0 spiro atoms. The second-order valence-corrected chi connectivity index (χ2v) is 8.75. The first-order valence-electron chi connectivity index (χ1n) is 5.57. The van der Waals surface area contributed by atoms with E-state index in [1.54, 1.807) is 0 Å². The molecule has 0 aliphatic carbocycles. The Morgan fingerprint density at radius 2 is 2.05 bits per heavy atom. The van der Waals surface area contributed by atoms with Crippen LogP contribution in [0.2, 0.25) is 0 Å². The minimum Gasteiger partial charge on any atom is -0.478 e. The lowest BCUT2D eigenvalue weighted by atomic mass is 10.2. The van der Waals surface area contributed by atoms with Gasteiger partial charge in [-0.1, -0.05) is 0 Å². The summed E-state index contributed by atoms with van der Waals surface area (Å²) < 4.78 is 37.8. The van der Waals surface area contributed by atoms with Gasteiger partial charge in [-0.3, -0.25) is 4.21 Å². The molecule has 1 aromatic rings. The summed E-state index contributed by atoms with van der Waals surface area (Å²) in [6.07, 6.45) is 1.09. The van der Waals surface area contributed by atoms with Gasteiger partial charge in [0.05, 0.1) is 5.56 Å². The Morgan fingerprint density at radius 1 is 1.42 bits per heavy atom. The first-order chi connectivity index (χ1) is 8.88. The molecule has 0 unspecified atom stereocenters. The molecule has 1 aliphatic rings. The van der Waals surface area contributed by atoms with Gasteiger partial charge in [-0.2, -0.15) is 0 Å². The molecular formula is C10H13NO5S3. The van der Waals surface area contributed by atoms with E-state index in [9.17, 15) is 17.4 Å². The topological polar surface area (TPSA) is 101 Å². The summed E-state index contributed by atoms with van der Waals surface area (Å²) in [6.45, 7) is 0. The van der Waals surface area contributed by atoms with E-state index in [0.29, 0.717) is 24.3 Å². The number of thiophene rings is 1. The van der Waals surface area contributed by atoms with E-state index < -0.39 is 26.8 Å². The van der Waals surface area contributed by atoms with Crippen molar-refractivity contribution in [2.24, 2.45) is 0 Å². The van der Waals surface area contributed by atoms with Crippen LogP contribution in [-0.4, -0.2) is 41.3 Å². The van der Waals surface area contributed by atoms with Crippen LogP contribution in [0.25, 0.3) is 0 Å². The molecule has 1 aromatic heterocycles. The Morgan fingerprint density at radius 3 is 2.58 bits per heavy atom. The third-order valence-electron chi connectivity index (χ3n) is 2.80. The zero-order chi connectivity index (χ0) is 14.0. The Hall–Kier alpha value is -0.770. The highest BCUT2D eigenvalue weighted by Gasteiger charge is 2.25. The summed E-state index contributed by atoms with van der Waals surface area (Å²) in [4.78, 5) is 10.7. The molecule has 0 bridgehead atoms. The normalized spacial score (nSPS) is 24.2. The number of aromatic carboxylic acids is 1. The van der Waals surface area contributed by atoms with E-state index in [1.165, 1.54) is 5.38 Å². The van der Waals surface area contributed by atoms with Crippen LogP contribution >= 0.6 is 11.3 Å². The molecule has 9 heteroatoms. The molecular weight excluding hydrogens is 310 g/mol. The maximum absolute atomic E-state index is 12.0. The Balaban J connectivity index is 2.09. The fourth-order valence-electron chi connectivity index (χ4n) is 1.76. The standard InChI is InChI=1S/C10H13NO5S3/c12-10(13)7-5-9(17-6-7)19(15,16)11-8-1-3-18(14)4-2-8/h5-6,8,11H,1-4H2,(H,12,13). The van der Waals surface area contributed by atoms with Crippen molar-refractivity contribution in [1.82, 2.24) is 4.72 Å². The van der Waals surface area contributed by atoms with Gasteiger partial charge in [0.2, 0.25) is 10.0 Å². The van der Waals surface area contributed by atoms with Crippen molar-refractivity contribution < 1.29 is 22.5 Å². The lowest BCUT2D eigenvalue weighted by molar-refractivity contribution is 0.0697. The molecule has 0 atom stereocenters. The Labute approximate surface area is 117 Å². The summed E-state index contributed by atoms with van der Waals surface area (Å²) >= 11 is 0.883. The molecule has 2 heterocycles. The fourth-order valence-corrected chi connectivity index (χ4v) is 5.53. The molecule has 1 fully saturated rings. The van der Waals surface area contributed by atoms with E-state index in [2.05, 4.69) is 4.72 Å². The minimum atomic E-state index is -3.68. The molecule has 1 aliphatic heterocycles. The van der Waals surface area contributed by atoms with Crippen LogP contribution in [-0.2, 0) is 20.8 Å². The molecule has 0 amide bonds. The predicted molar refractivity (Wildman–Crippen MR) is 72.5 cm³/mol. The van der Waals surface area contributed by atoms with Gasteiger partial charge in [0.25, 0.3) is 0 Å². The van der Waals surface area contributed by atoms with Gasteiger partial charge in [0.15, 0.2) is 0 Å². The molecule has 2 N–H and O–H groups in total. The molecule has 106 valence electrons. The summed E-state index contributed by atoms with van der Waals surface area (Å²) in [5, 5.41) is 10.1. The van der Waals surface area contributed by atoms with E-state index in [0.717, 1.165) is 17.4 Å². The Bertz CT molecular complexity index is 596. The molecule has 0 saturated carbocycles. The lowest BCUT2D eigenvalue weighted by Gasteiger charge is -2.21. The minimum absolute atomic E-state index is 0.00315. The zero-order valence-electron chi connectivity index (χ0n) is 9.87. The SMILES string of the molecule is O=C(O)c1csc(S(=O)(=O)NC2CCS(=O)CC2)c1. The average molecular weight is 323 g/mol. The smallest absolute Gasteiger partial charge is 0.336 e. The maximum Gasteiger partial charge on any atom is 0.336 e. The van der Waals surface area contributed by atoms with Gasteiger partial charge < -0.3 is 5.11 Å². The highest BCUT2D eigenvalue weighted by atomic mass is 32.2. The van der Waals surface area contributed by atoms with Crippen LogP contribution in [0.15, 0.2) is 15.7 Å². The fraction of sp³-hybridized carbons (Fsp3) is 0.500. The Kier molecular flexibility index (Phi) is 4.39. The predicted octanol–water partition coefficient (Wildman–Crippen LogP) is 0.636. The van der Waals surface area contributed by atoms with E-state index in [-0.39, 0.29) is 15.8 Å². The average Bonchev–Trinajstić information content (AvgIpc) is 2.82. The number of sulfonamides is 1. The quantitative estimate of drug-likeness (QED) is 0.846. The van der Waals surface area contributed by atoms with E-state index in [4.69, 9.17) is 5.11 Å². The first kappa shape index (κ1) is 14.6. The molecule has 0 aromatic carbocycles. The van der Waals surface area contributed by atoms with Crippen molar-refractivity contribution >= 4 is 38.1 Å². The summed E-state index contributed by atoms with van der Waals surface area (Å²) in [5.41, 5.74) is -0.0323. The molecule has 0 radical (unpaired) electrons. The van der Waals surface area contributed by atoms with Crippen molar-refractivity contribution in [3.8, 4) is 0 Å². The van der Waals surface area contributed by atoms with Crippen molar-refractivity contribution in [1.29, 1.82) is 0 Å². The maximum atomic E-state index is 12.0. The van der Waals surface area contributed by atoms with Crippen LogP contribution in [0.4, 0.5) is 0 Å². The number of hydrogen-bond acceptors (Lipinski definition) is 5. The van der Waals surface area contributed by atoms with Crippen LogP contribution in [0.1, 0.15) is 23.2 Å². The highest BCUT2D eigenvalue weighted by Crippen LogP contribution is 2.21. The number of hydrogen-bond donors (Lipinski definition) is 2. The molecule has 1 saturated heterocycles. The summed E-state index contributed by atoms with van der Waals surface area (Å²) in [7, 11) is -4.53. The van der Waals surface area contributed by atoms with Gasteiger partial charge >= 0.3 is 5.97 Å². The number of carbonyl (C=O) groups is 1. The van der Waals surface area contributed by atoms with Crippen molar-refractivity contribution in [2.45, 2.75) is 23.1 Å².